The van der Waals surface area contributed by atoms with E-state index in [0.29, 0.717) is 23.0 Å². The topological polar surface area (TPSA) is 59.6 Å². The SMILES string of the molecule is COC(=O)C1=C(C)NC(=S)N[C@H]1c1ccc(OCc2ccccc2)c(Br)c1. The van der Waals surface area contributed by atoms with E-state index in [0.717, 1.165) is 21.3 Å². The Bertz CT molecular complexity index is 899. The quantitative estimate of drug-likeness (QED) is 0.534. The van der Waals surface area contributed by atoms with Gasteiger partial charge in [0.1, 0.15) is 12.4 Å². The number of carbonyl (C=O) groups is 1. The molecule has 0 saturated carbocycles. The molecular formula is C20H19BrN2O3S. The minimum atomic E-state index is -0.402. The second-order valence-corrected chi connectivity index (χ2v) is 7.29. The fraction of sp³-hybridized carbons (Fsp3) is 0.200. The van der Waals surface area contributed by atoms with Crippen molar-refractivity contribution in [2.24, 2.45) is 0 Å². The summed E-state index contributed by atoms with van der Waals surface area (Å²) in [7, 11) is 1.36. The van der Waals surface area contributed by atoms with Crippen LogP contribution in [0.1, 0.15) is 24.1 Å². The maximum absolute atomic E-state index is 12.2. The number of thiocarbonyl (C=S) groups is 1. The Kier molecular flexibility index (Phi) is 6.13. The average molecular weight is 447 g/mol. The van der Waals surface area contributed by atoms with Gasteiger partial charge in [0.25, 0.3) is 0 Å². The Balaban J connectivity index is 1.84. The van der Waals surface area contributed by atoms with Crippen molar-refractivity contribution in [2.75, 3.05) is 7.11 Å². The lowest BCUT2D eigenvalue weighted by molar-refractivity contribution is -0.136. The molecule has 1 aliphatic heterocycles. The molecule has 0 aliphatic carbocycles. The van der Waals surface area contributed by atoms with Crippen molar-refractivity contribution < 1.29 is 14.3 Å². The van der Waals surface area contributed by atoms with Crippen molar-refractivity contribution in [1.29, 1.82) is 0 Å². The zero-order valence-electron chi connectivity index (χ0n) is 14.9. The first-order chi connectivity index (χ1) is 13.0. The minimum Gasteiger partial charge on any atom is -0.488 e. The Labute approximate surface area is 171 Å². The van der Waals surface area contributed by atoms with Gasteiger partial charge in [0.15, 0.2) is 5.11 Å². The lowest BCUT2D eigenvalue weighted by atomic mass is 9.95. The van der Waals surface area contributed by atoms with Crippen LogP contribution in [0.2, 0.25) is 0 Å². The number of allylic oxidation sites excluding steroid dienone is 1. The van der Waals surface area contributed by atoms with Gasteiger partial charge in [-0.05, 0) is 58.3 Å². The first-order valence-corrected chi connectivity index (χ1v) is 9.52. The van der Waals surface area contributed by atoms with Gasteiger partial charge in [-0.1, -0.05) is 36.4 Å². The summed E-state index contributed by atoms with van der Waals surface area (Å²) in [5.74, 6) is 0.319. The third-order valence-corrected chi connectivity index (χ3v) is 5.04. The van der Waals surface area contributed by atoms with E-state index in [1.165, 1.54) is 7.11 Å². The molecule has 0 fully saturated rings. The van der Waals surface area contributed by atoms with Gasteiger partial charge in [-0.25, -0.2) is 4.79 Å². The first kappa shape index (κ1) is 19.4. The monoisotopic (exact) mass is 446 g/mol. The predicted molar refractivity (Wildman–Crippen MR) is 111 cm³/mol. The lowest BCUT2D eigenvalue weighted by Gasteiger charge is -2.29. The molecule has 0 amide bonds. The molecule has 140 valence electrons. The van der Waals surface area contributed by atoms with Crippen LogP contribution in [0.4, 0.5) is 0 Å². The number of benzene rings is 2. The molecule has 2 aromatic rings. The molecule has 1 atom stereocenters. The van der Waals surface area contributed by atoms with E-state index >= 15 is 0 Å². The van der Waals surface area contributed by atoms with Crippen LogP contribution in [-0.2, 0) is 16.1 Å². The van der Waals surface area contributed by atoms with Gasteiger partial charge in [-0.15, -0.1) is 0 Å². The third kappa shape index (κ3) is 4.48. The summed E-state index contributed by atoms with van der Waals surface area (Å²) in [6.45, 7) is 2.28. The number of nitrogens with one attached hydrogen (secondary N) is 2. The Morgan fingerprint density at radius 2 is 1.96 bits per heavy atom. The van der Waals surface area contributed by atoms with E-state index in [2.05, 4.69) is 26.6 Å². The van der Waals surface area contributed by atoms with Crippen LogP contribution in [0, 0.1) is 0 Å². The fourth-order valence-electron chi connectivity index (χ4n) is 2.87. The van der Waals surface area contributed by atoms with Crippen molar-refractivity contribution in [3.05, 3.63) is 75.4 Å². The normalized spacial score (nSPS) is 16.4. The second-order valence-electron chi connectivity index (χ2n) is 6.03. The highest BCUT2D eigenvalue weighted by atomic mass is 79.9. The number of hydrogen-bond acceptors (Lipinski definition) is 4. The number of halogens is 1. The van der Waals surface area contributed by atoms with E-state index in [1.807, 2.05) is 48.5 Å². The number of methoxy groups -OCH3 is 1. The smallest absolute Gasteiger partial charge is 0.337 e. The molecule has 0 aromatic heterocycles. The minimum absolute atomic E-state index is 0.398. The van der Waals surface area contributed by atoms with Gasteiger partial charge in [-0.2, -0.15) is 0 Å². The third-order valence-electron chi connectivity index (χ3n) is 4.20. The molecule has 1 heterocycles. The number of rotatable bonds is 5. The maximum Gasteiger partial charge on any atom is 0.337 e. The van der Waals surface area contributed by atoms with E-state index in [4.69, 9.17) is 21.7 Å². The molecule has 5 nitrogen and oxygen atoms in total. The molecule has 0 radical (unpaired) electrons. The van der Waals surface area contributed by atoms with Crippen LogP contribution in [-0.4, -0.2) is 18.2 Å². The molecular weight excluding hydrogens is 428 g/mol. The summed E-state index contributed by atoms with van der Waals surface area (Å²) < 4.78 is 11.6. The van der Waals surface area contributed by atoms with Gasteiger partial charge in [-0.3, -0.25) is 0 Å². The van der Waals surface area contributed by atoms with E-state index in [-0.39, 0.29) is 0 Å². The molecule has 0 bridgehead atoms. The molecule has 0 unspecified atom stereocenters. The molecule has 2 N–H and O–H groups in total. The van der Waals surface area contributed by atoms with E-state index < -0.39 is 12.0 Å². The summed E-state index contributed by atoms with van der Waals surface area (Å²) in [5.41, 5.74) is 3.13. The molecule has 0 saturated heterocycles. The zero-order valence-corrected chi connectivity index (χ0v) is 17.3. The summed E-state index contributed by atoms with van der Waals surface area (Å²) in [5, 5.41) is 6.57. The van der Waals surface area contributed by atoms with Gasteiger partial charge in [0.05, 0.1) is 23.2 Å². The zero-order chi connectivity index (χ0) is 19.4. The van der Waals surface area contributed by atoms with E-state index in [9.17, 15) is 4.79 Å². The van der Waals surface area contributed by atoms with Crippen molar-refractivity contribution in [1.82, 2.24) is 10.6 Å². The lowest BCUT2D eigenvalue weighted by Crippen LogP contribution is -2.45. The Morgan fingerprint density at radius 3 is 2.63 bits per heavy atom. The molecule has 1 aliphatic rings. The standard InChI is InChI=1S/C20H19BrN2O3S/c1-12-17(19(24)25-2)18(23-20(27)22-12)14-8-9-16(15(21)10-14)26-11-13-6-4-3-5-7-13/h3-10,18H,11H2,1-2H3,(H2,22,23,27)/t18-/m0/s1. The van der Waals surface area contributed by atoms with Gasteiger partial charge in [0.2, 0.25) is 0 Å². The van der Waals surface area contributed by atoms with Gasteiger partial charge < -0.3 is 20.1 Å². The predicted octanol–water partition coefficient (Wildman–Crippen LogP) is 3.99. The Morgan fingerprint density at radius 1 is 1.22 bits per heavy atom. The number of carbonyl (C=O) groups excluding carboxylic acids is 1. The van der Waals surface area contributed by atoms with Gasteiger partial charge >= 0.3 is 5.97 Å². The van der Waals surface area contributed by atoms with Crippen molar-refractivity contribution in [3.63, 3.8) is 0 Å². The number of ether oxygens (including phenoxy) is 2. The van der Waals surface area contributed by atoms with Crippen LogP contribution < -0.4 is 15.4 Å². The largest absolute Gasteiger partial charge is 0.488 e. The highest BCUT2D eigenvalue weighted by Gasteiger charge is 2.30. The van der Waals surface area contributed by atoms with Crippen LogP contribution in [0.5, 0.6) is 5.75 Å². The van der Waals surface area contributed by atoms with Crippen LogP contribution in [0.15, 0.2) is 64.3 Å². The first-order valence-electron chi connectivity index (χ1n) is 8.32. The van der Waals surface area contributed by atoms with Crippen LogP contribution in [0.3, 0.4) is 0 Å². The summed E-state index contributed by atoms with van der Waals surface area (Å²) in [6.07, 6.45) is 0. The van der Waals surface area contributed by atoms with E-state index in [1.54, 1.807) is 6.92 Å². The summed E-state index contributed by atoms with van der Waals surface area (Å²) >= 11 is 8.80. The molecule has 27 heavy (non-hydrogen) atoms. The van der Waals surface area contributed by atoms with Gasteiger partial charge in [0, 0.05) is 5.70 Å². The highest BCUT2D eigenvalue weighted by Crippen LogP contribution is 2.33. The van der Waals surface area contributed by atoms with Crippen LogP contribution >= 0.6 is 28.1 Å². The Hall–Kier alpha value is -2.38. The molecule has 3 rings (SSSR count). The second kappa shape index (κ2) is 8.54. The van der Waals surface area contributed by atoms with Crippen molar-refractivity contribution in [3.8, 4) is 5.75 Å². The van der Waals surface area contributed by atoms with Crippen molar-refractivity contribution in [2.45, 2.75) is 19.6 Å². The average Bonchev–Trinajstić information content (AvgIpc) is 2.66. The number of esters is 1. The van der Waals surface area contributed by atoms with Crippen molar-refractivity contribution >= 4 is 39.2 Å². The highest BCUT2D eigenvalue weighted by molar-refractivity contribution is 9.10. The molecule has 2 aromatic carbocycles. The fourth-order valence-corrected chi connectivity index (χ4v) is 3.66. The molecule has 0 spiro atoms. The summed E-state index contributed by atoms with van der Waals surface area (Å²) in [6, 6.07) is 15.3. The van der Waals surface area contributed by atoms with Crippen LogP contribution in [0.25, 0.3) is 0 Å². The number of hydrogen-bond donors (Lipinski definition) is 2. The maximum atomic E-state index is 12.2. The summed E-state index contributed by atoms with van der Waals surface area (Å²) in [4.78, 5) is 12.2. The molecule has 7 heteroatoms.